The molecule has 0 spiro atoms. The van der Waals surface area contributed by atoms with Gasteiger partial charge in [0.2, 0.25) is 0 Å². The van der Waals surface area contributed by atoms with E-state index in [1.807, 2.05) is 13.1 Å². The van der Waals surface area contributed by atoms with E-state index in [2.05, 4.69) is 4.90 Å². The number of nitrogens with zero attached hydrogens (tertiary/aromatic N) is 1. The van der Waals surface area contributed by atoms with Gasteiger partial charge in [-0.05, 0) is 12.6 Å². The summed E-state index contributed by atoms with van der Waals surface area (Å²) in [6, 6.07) is 0. The number of aliphatic carboxylic acids is 1. The van der Waals surface area contributed by atoms with E-state index in [4.69, 9.17) is 5.11 Å². The molecule has 0 bridgehead atoms. The molecule has 0 aliphatic carbocycles. The summed E-state index contributed by atoms with van der Waals surface area (Å²) in [4.78, 5) is 12.3. The van der Waals surface area contributed by atoms with Crippen molar-refractivity contribution in [3.05, 3.63) is 11.6 Å². The monoisotopic (exact) mass is 141 g/mol. The number of likely N-dealkylation sites (N-methyl/N-ethyl adjacent to an activating group) is 1. The van der Waals surface area contributed by atoms with Gasteiger partial charge < -0.3 is 5.11 Å². The fourth-order valence-electron chi connectivity index (χ4n) is 1.08. The third-order valence-corrected chi connectivity index (χ3v) is 1.54. The number of carboxylic acids is 1. The standard InChI is InChI=1S/C7H11NO2/c1-8-3-2-6(5-8)4-7(9)10/h2H,3-5H2,1H3,(H,9,10). The number of hydrogen-bond acceptors (Lipinski definition) is 2. The van der Waals surface area contributed by atoms with Crippen LogP contribution in [0.15, 0.2) is 11.6 Å². The summed E-state index contributed by atoms with van der Waals surface area (Å²) < 4.78 is 0. The Morgan fingerprint density at radius 2 is 2.60 bits per heavy atom. The summed E-state index contributed by atoms with van der Waals surface area (Å²) in [7, 11) is 1.98. The first-order valence-corrected chi connectivity index (χ1v) is 3.26. The SMILES string of the molecule is CN1CC=C(CC(=O)O)C1. The highest BCUT2D eigenvalue weighted by Gasteiger charge is 2.11. The minimum atomic E-state index is -0.735. The lowest BCUT2D eigenvalue weighted by Gasteiger charge is -2.05. The zero-order chi connectivity index (χ0) is 7.56. The second-order valence-corrected chi connectivity index (χ2v) is 2.63. The largest absolute Gasteiger partial charge is 0.481 e. The summed E-state index contributed by atoms with van der Waals surface area (Å²) in [5, 5.41) is 8.40. The molecular formula is C7H11NO2. The van der Waals surface area contributed by atoms with Crippen molar-refractivity contribution in [1.29, 1.82) is 0 Å². The van der Waals surface area contributed by atoms with E-state index in [9.17, 15) is 4.79 Å². The molecule has 0 saturated heterocycles. The lowest BCUT2D eigenvalue weighted by molar-refractivity contribution is -0.136. The molecular weight excluding hydrogens is 130 g/mol. The van der Waals surface area contributed by atoms with Gasteiger partial charge >= 0.3 is 5.97 Å². The highest BCUT2D eigenvalue weighted by molar-refractivity contribution is 5.70. The molecule has 1 rings (SSSR count). The molecule has 0 amide bonds. The molecule has 0 radical (unpaired) electrons. The molecule has 0 unspecified atom stereocenters. The van der Waals surface area contributed by atoms with Crippen molar-refractivity contribution in [1.82, 2.24) is 4.90 Å². The Hall–Kier alpha value is -0.830. The molecule has 0 fully saturated rings. The van der Waals surface area contributed by atoms with E-state index in [1.165, 1.54) is 0 Å². The number of rotatable bonds is 2. The average Bonchev–Trinajstić information content (AvgIpc) is 2.13. The Bertz CT molecular complexity index is 174. The van der Waals surface area contributed by atoms with Crippen LogP contribution in [0.1, 0.15) is 6.42 Å². The van der Waals surface area contributed by atoms with Gasteiger partial charge in [-0.2, -0.15) is 0 Å². The van der Waals surface area contributed by atoms with Crippen LogP contribution in [0, 0.1) is 0 Å². The van der Waals surface area contributed by atoms with Crippen LogP contribution in [0.3, 0.4) is 0 Å². The molecule has 1 N–H and O–H groups in total. The summed E-state index contributed by atoms with van der Waals surface area (Å²) >= 11 is 0. The zero-order valence-corrected chi connectivity index (χ0v) is 6.00. The molecule has 0 aromatic carbocycles. The zero-order valence-electron chi connectivity index (χ0n) is 6.00. The Labute approximate surface area is 59.9 Å². The quantitative estimate of drug-likeness (QED) is 0.563. The third kappa shape index (κ3) is 1.84. The highest BCUT2D eigenvalue weighted by Crippen LogP contribution is 2.09. The summed E-state index contributed by atoms with van der Waals surface area (Å²) in [6.07, 6.45) is 2.18. The van der Waals surface area contributed by atoms with Gasteiger partial charge in [-0.1, -0.05) is 6.08 Å². The second-order valence-electron chi connectivity index (χ2n) is 2.63. The van der Waals surface area contributed by atoms with E-state index < -0.39 is 5.97 Å². The van der Waals surface area contributed by atoms with Crippen LogP contribution >= 0.6 is 0 Å². The first-order valence-electron chi connectivity index (χ1n) is 3.26. The van der Waals surface area contributed by atoms with Gasteiger partial charge in [0.1, 0.15) is 0 Å². The van der Waals surface area contributed by atoms with Crippen LogP contribution in [0.5, 0.6) is 0 Å². The van der Waals surface area contributed by atoms with Gasteiger partial charge in [-0.25, -0.2) is 0 Å². The van der Waals surface area contributed by atoms with Gasteiger partial charge in [-0.15, -0.1) is 0 Å². The summed E-state index contributed by atoms with van der Waals surface area (Å²) in [5.74, 6) is -0.735. The van der Waals surface area contributed by atoms with E-state index in [-0.39, 0.29) is 6.42 Å². The van der Waals surface area contributed by atoms with Gasteiger partial charge in [0, 0.05) is 13.1 Å². The van der Waals surface area contributed by atoms with Crippen molar-refractivity contribution in [3.63, 3.8) is 0 Å². The first kappa shape index (κ1) is 7.28. The van der Waals surface area contributed by atoms with Crippen LogP contribution in [-0.4, -0.2) is 36.1 Å². The minimum absolute atomic E-state index is 0.199. The Kier molecular flexibility index (Phi) is 2.06. The molecule has 0 atom stereocenters. The van der Waals surface area contributed by atoms with Gasteiger partial charge in [0.05, 0.1) is 6.42 Å². The fraction of sp³-hybridized carbons (Fsp3) is 0.571. The first-order chi connectivity index (χ1) is 4.68. The van der Waals surface area contributed by atoms with Crippen LogP contribution in [0.2, 0.25) is 0 Å². The second kappa shape index (κ2) is 2.84. The Morgan fingerprint density at radius 1 is 1.90 bits per heavy atom. The predicted molar refractivity (Wildman–Crippen MR) is 37.8 cm³/mol. The van der Waals surface area contributed by atoms with Crippen LogP contribution in [0.4, 0.5) is 0 Å². The molecule has 10 heavy (non-hydrogen) atoms. The van der Waals surface area contributed by atoms with Gasteiger partial charge in [0.15, 0.2) is 0 Å². The van der Waals surface area contributed by atoms with Crippen molar-refractivity contribution < 1.29 is 9.90 Å². The maximum Gasteiger partial charge on any atom is 0.307 e. The van der Waals surface area contributed by atoms with Crippen LogP contribution < -0.4 is 0 Å². The molecule has 56 valence electrons. The Morgan fingerprint density at radius 3 is 3.00 bits per heavy atom. The Balaban J connectivity index is 2.37. The molecule has 0 aromatic rings. The summed E-state index contributed by atoms with van der Waals surface area (Å²) in [6.45, 7) is 1.70. The van der Waals surface area contributed by atoms with Crippen molar-refractivity contribution >= 4 is 5.97 Å². The van der Waals surface area contributed by atoms with E-state index in [0.717, 1.165) is 18.7 Å². The van der Waals surface area contributed by atoms with Crippen molar-refractivity contribution in [2.75, 3.05) is 20.1 Å². The van der Waals surface area contributed by atoms with E-state index in [1.54, 1.807) is 0 Å². The normalized spacial score (nSPS) is 19.1. The molecule has 1 heterocycles. The third-order valence-electron chi connectivity index (χ3n) is 1.54. The van der Waals surface area contributed by atoms with Crippen molar-refractivity contribution in [2.24, 2.45) is 0 Å². The van der Waals surface area contributed by atoms with E-state index in [0.29, 0.717) is 0 Å². The van der Waals surface area contributed by atoms with E-state index >= 15 is 0 Å². The van der Waals surface area contributed by atoms with Crippen LogP contribution in [0.25, 0.3) is 0 Å². The maximum atomic E-state index is 10.2. The smallest absolute Gasteiger partial charge is 0.307 e. The molecule has 0 aromatic heterocycles. The molecule has 1 aliphatic heterocycles. The van der Waals surface area contributed by atoms with Gasteiger partial charge in [0.25, 0.3) is 0 Å². The van der Waals surface area contributed by atoms with Crippen molar-refractivity contribution in [3.8, 4) is 0 Å². The minimum Gasteiger partial charge on any atom is -0.481 e. The highest BCUT2D eigenvalue weighted by atomic mass is 16.4. The molecule has 1 aliphatic rings. The number of carbonyl (C=O) groups is 1. The molecule has 0 saturated carbocycles. The fourth-order valence-corrected chi connectivity index (χ4v) is 1.08. The molecule has 3 nitrogen and oxygen atoms in total. The van der Waals surface area contributed by atoms with Gasteiger partial charge in [-0.3, -0.25) is 9.69 Å². The van der Waals surface area contributed by atoms with Crippen molar-refractivity contribution in [2.45, 2.75) is 6.42 Å². The number of hydrogen-bond donors (Lipinski definition) is 1. The average molecular weight is 141 g/mol. The lowest BCUT2D eigenvalue weighted by atomic mass is 10.2. The number of carboxylic acid groups (broad SMARTS) is 1. The van der Waals surface area contributed by atoms with Crippen LogP contribution in [-0.2, 0) is 4.79 Å². The topological polar surface area (TPSA) is 40.5 Å². The predicted octanol–water partition coefficient (Wildman–Crippen LogP) is 0.333. The summed E-state index contributed by atoms with van der Waals surface area (Å²) in [5.41, 5.74) is 1.02. The maximum absolute atomic E-state index is 10.2. The lowest BCUT2D eigenvalue weighted by Crippen LogP contribution is -2.14. The molecule has 3 heteroatoms.